The second-order valence-corrected chi connectivity index (χ2v) is 6.42. The van der Waals surface area contributed by atoms with E-state index in [-0.39, 0.29) is 16.7 Å². The molecule has 5 heteroatoms. The molecule has 0 aliphatic carbocycles. The van der Waals surface area contributed by atoms with E-state index in [1.807, 2.05) is 20.8 Å². The number of ketones is 1. The molecule has 18 heavy (non-hydrogen) atoms. The fourth-order valence-corrected chi connectivity index (χ4v) is 3.03. The van der Waals surface area contributed by atoms with Crippen molar-refractivity contribution in [2.75, 3.05) is 5.32 Å². The standard InChI is InChI=1S/C13H15NO3S/c1-13(2,3)10(15)11-14-8-5-4-7(12(16)17)6-9(8)18-11/h4-6,11,14H,1-3H3,(H,16,17). The van der Waals surface area contributed by atoms with Gasteiger partial charge in [0.05, 0.1) is 5.56 Å². The van der Waals surface area contributed by atoms with Gasteiger partial charge in [-0.15, -0.1) is 0 Å². The number of fused-ring (bicyclic) bond motifs is 1. The predicted octanol–water partition coefficient (Wildman–Crippen LogP) is 2.84. The molecular weight excluding hydrogens is 250 g/mol. The molecule has 1 unspecified atom stereocenters. The normalized spacial score (nSPS) is 18.1. The Bertz CT molecular complexity index is 519. The summed E-state index contributed by atoms with van der Waals surface area (Å²) in [5.74, 6) is -0.843. The molecule has 4 nitrogen and oxygen atoms in total. The largest absolute Gasteiger partial charge is 0.478 e. The zero-order chi connectivity index (χ0) is 13.5. The number of anilines is 1. The van der Waals surface area contributed by atoms with Gasteiger partial charge in [0.25, 0.3) is 0 Å². The molecular formula is C13H15NO3S. The van der Waals surface area contributed by atoms with Gasteiger partial charge in [0.15, 0.2) is 5.78 Å². The third-order valence-corrected chi connectivity index (χ3v) is 3.90. The van der Waals surface area contributed by atoms with Crippen LogP contribution in [0, 0.1) is 5.41 Å². The number of Topliss-reactive ketones (excluding diaryl/α,β-unsaturated/α-hetero) is 1. The molecule has 2 rings (SSSR count). The third-order valence-electron chi connectivity index (χ3n) is 2.74. The van der Waals surface area contributed by atoms with Gasteiger partial charge in [-0.1, -0.05) is 32.5 Å². The minimum atomic E-state index is -0.955. The van der Waals surface area contributed by atoms with Crippen LogP contribution in [-0.4, -0.2) is 22.2 Å². The molecule has 1 aromatic rings. The number of carboxylic acid groups (broad SMARTS) is 1. The summed E-state index contributed by atoms with van der Waals surface area (Å²) in [4.78, 5) is 23.9. The molecule has 0 spiro atoms. The molecule has 1 aliphatic heterocycles. The zero-order valence-electron chi connectivity index (χ0n) is 10.5. The van der Waals surface area contributed by atoms with Crippen LogP contribution in [0.25, 0.3) is 0 Å². The molecule has 1 atom stereocenters. The molecule has 1 aliphatic rings. The Kier molecular flexibility index (Phi) is 3.11. The molecule has 96 valence electrons. The maximum absolute atomic E-state index is 12.2. The fourth-order valence-electron chi connectivity index (χ4n) is 1.68. The lowest BCUT2D eigenvalue weighted by Gasteiger charge is -2.20. The molecule has 1 aromatic carbocycles. The van der Waals surface area contributed by atoms with Crippen LogP contribution in [0.2, 0.25) is 0 Å². The van der Waals surface area contributed by atoms with E-state index in [1.54, 1.807) is 18.2 Å². The van der Waals surface area contributed by atoms with Crippen molar-refractivity contribution in [1.82, 2.24) is 0 Å². The van der Waals surface area contributed by atoms with Crippen molar-refractivity contribution in [3.8, 4) is 0 Å². The van der Waals surface area contributed by atoms with Crippen LogP contribution in [0.1, 0.15) is 31.1 Å². The van der Waals surface area contributed by atoms with Gasteiger partial charge in [0.1, 0.15) is 5.37 Å². The van der Waals surface area contributed by atoms with Crippen molar-refractivity contribution in [3.63, 3.8) is 0 Å². The molecule has 0 radical (unpaired) electrons. The molecule has 0 amide bonds. The fraction of sp³-hybridized carbons (Fsp3) is 0.385. The van der Waals surface area contributed by atoms with E-state index in [9.17, 15) is 9.59 Å². The maximum atomic E-state index is 12.2. The molecule has 0 bridgehead atoms. The Labute approximate surface area is 110 Å². The van der Waals surface area contributed by atoms with Gasteiger partial charge in [0, 0.05) is 16.0 Å². The Morgan fingerprint density at radius 1 is 1.33 bits per heavy atom. The van der Waals surface area contributed by atoms with Gasteiger partial charge in [-0.3, -0.25) is 4.79 Å². The summed E-state index contributed by atoms with van der Waals surface area (Å²) < 4.78 is 0. The van der Waals surface area contributed by atoms with Gasteiger partial charge < -0.3 is 10.4 Å². The second-order valence-electron chi connectivity index (χ2n) is 5.27. The van der Waals surface area contributed by atoms with E-state index in [0.717, 1.165) is 10.6 Å². The van der Waals surface area contributed by atoms with E-state index in [2.05, 4.69) is 5.32 Å². The van der Waals surface area contributed by atoms with Gasteiger partial charge >= 0.3 is 5.97 Å². The van der Waals surface area contributed by atoms with E-state index < -0.39 is 11.4 Å². The highest BCUT2D eigenvalue weighted by molar-refractivity contribution is 8.01. The third kappa shape index (κ3) is 2.36. The highest BCUT2D eigenvalue weighted by Gasteiger charge is 2.34. The van der Waals surface area contributed by atoms with Crippen molar-refractivity contribution in [3.05, 3.63) is 23.8 Å². The summed E-state index contributed by atoms with van der Waals surface area (Å²) in [6.45, 7) is 5.63. The number of thioether (sulfide) groups is 1. The van der Waals surface area contributed by atoms with Crippen molar-refractivity contribution in [1.29, 1.82) is 0 Å². The number of carboxylic acids is 1. The quantitative estimate of drug-likeness (QED) is 0.860. The number of benzene rings is 1. The van der Waals surface area contributed by atoms with Crippen molar-refractivity contribution < 1.29 is 14.7 Å². The Hall–Kier alpha value is -1.49. The second kappa shape index (κ2) is 4.31. The van der Waals surface area contributed by atoms with Crippen LogP contribution in [0.4, 0.5) is 5.69 Å². The Balaban J connectivity index is 2.23. The monoisotopic (exact) mass is 265 g/mol. The average Bonchev–Trinajstić information content (AvgIpc) is 2.68. The Morgan fingerprint density at radius 2 is 2.00 bits per heavy atom. The first-order valence-corrected chi connectivity index (χ1v) is 6.52. The lowest BCUT2D eigenvalue weighted by Crippen LogP contribution is -2.33. The summed E-state index contributed by atoms with van der Waals surface area (Å²) in [6.07, 6.45) is 0. The molecule has 2 N–H and O–H groups in total. The van der Waals surface area contributed by atoms with Gasteiger partial charge in [-0.05, 0) is 18.2 Å². The topological polar surface area (TPSA) is 66.4 Å². The number of hydrogen-bond acceptors (Lipinski definition) is 4. The molecule has 0 fully saturated rings. The number of carbonyl (C=O) groups is 2. The minimum Gasteiger partial charge on any atom is -0.478 e. The summed E-state index contributed by atoms with van der Waals surface area (Å²) in [6, 6.07) is 4.85. The molecule has 0 saturated heterocycles. The van der Waals surface area contributed by atoms with Crippen LogP contribution < -0.4 is 5.32 Å². The van der Waals surface area contributed by atoms with Gasteiger partial charge in [-0.2, -0.15) is 0 Å². The summed E-state index contributed by atoms with van der Waals surface area (Å²) in [5, 5.41) is 11.7. The van der Waals surface area contributed by atoms with Crippen LogP contribution in [-0.2, 0) is 4.79 Å². The van der Waals surface area contributed by atoms with Crippen LogP contribution in [0.5, 0.6) is 0 Å². The number of nitrogens with one attached hydrogen (secondary N) is 1. The maximum Gasteiger partial charge on any atom is 0.335 e. The summed E-state index contributed by atoms with van der Waals surface area (Å²) in [7, 11) is 0. The molecule has 0 saturated carbocycles. The first-order valence-electron chi connectivity index (χ1n) is 5.64. The smallest absolute Gasteiger partial charge is 0.335 e. The van der Waals surface area contributed by atoms with E-state index in [4.69, 9.17) is 5.11 Å². The highest BCUT2D eigenvalue weighted by atomic mass is 32.2. The van der Waals surface area contributed by atoms with Gasteiger partial charge in [0.2, 0.25) is 0 Å². The highest BCUT2D eigenvalue weighted by Crippen LogP contribution is 2.41. The van der Waals surface area contributed by atoms with E-state index in [1.165, 1.54) is 11.8 Å². The van der Waals surface area contributed by atoms with E-state index in [0.29, 0.717) is 0 Å². The van der Waals surface area contributed by atoms with Crippen LogP contribution in [0.3, 0.4) is 0 Å². The first-order chi connectivity index (χ1) is 8.29. The first kappa shape index (κ1) is 13.0. The number of hydrogen-bond donors (Lipinski definition) is 2. The lowest BCUT2D eigenvalue weighted by molar-refractivity contribution is -0.125. The van der Waals surface area contributed by atoms with Gasteiger partial charge in [-0.25, -0.2) is 4.79 Å². The predicted molar refractivity (Wildman–Crippen MR) is 71.1 cm³/mol. The SMILES string of the molecule is CC(C)(C)C(=O)C1Nc2ccc(C(=O)O)cc2S1. The average molecular weight is 265 g/mol. The number of aromatic carboxylic acids is 1. The van der Waals surface area contributed by atoms with E-state index >= 15 is 0 Å². The van der Waals surface area contributed by atoms with Crippen molar-refractivity contribution in [2.24, 2.45) is 5.41 Å². The molecule has 1 heterocycles. The van der Waals surface area contributed by atoms with Crippen LogP contribution in [0.15, 0.2) is 23.1 Å². The lowest BCUT2D eigenvalue weighted by atomic mass is 9.90. The number of rotatable bonds is 2. The minimum absolute atomic E-state index is 0.112. The van der Waals surface area contributed by atoms with Crippen molar-refractivity contribution in [2.45, 2.75) is 31.0 Å². The number of carbonyl (C=O) groups excluding carboxylic acids is 1. The summed E-state index contributed by atoms with van der Waals surface area (Å²) in [5.41, 5.74) is 0.655. The Morgan fingerprint density at radius 3 is 2.56 bits per heavy atom. The van der Waals surface area contributed by atoms with Crippen molar-refractivity contribution >= 4 is 29.2 Å². The zero-order valence-corrected chi connectivity index (χ0v) is 11.3. The van der Waals surface area contributed by atoms with Crippen LogP contribution >= 0.6 is 11.8 Å². The molecule has 0 aromatic heterocycles. The summed E-state index contributed by atoms with van der Waals surface area (Å²) >= 11 is 1.38.